The lowest BCUT2D eigenvalue weighted by Crippen LogP contribution is -2.43. The summed E-state index contributed by atoms with van der Waals surface area (Å²) in [6, 6.07) is 11.5. The number of nitrogens with zero attached hydrogens (tertiary/aromatic N) is 3. The van der Waals surface area contributed by atoms with Crippen molar-refractivity contribution in [3.8, 4) is 0 Å². The van der Waals surface area contributed by atoms with Crippen molar-refractivity contribution in [1.29, 1.82) is 0 Å². The van der Waals surface area contributed by atoms with Crippen LogP contribution in [-0.4, -0.2) is 53.3 Å². The van der Waals surface area contributed by atoms with Gasteiger partial charge in [-0.15, -0.1) is 0 Å². The zero-order valence-electron chi connectivity index (χ0n) is 19.5. The van der Waals surface area contributed by atoms with Crippen LogP contribution in [0.1, 0.15) is 37.7 Å². The number of hydrogen-bond donors (Lipinski definition) is 2. The summed E-state index contributed by atoms with van der Waals surface area (Å²) in [5.74, 6) is 0. The molecule has 4 rings (SSSR count). The van der Waals surface area contributed by atoms with Crippen molar-refractivity contribution in [2.45, 2.75) is 48.8 Å². The van der Waals surface area contributed by atoms with Gasteiger partial charge in [0.25, 0.3) is 10.0 Å². The molecule has 0 radical (unpaired) electrons. The monoisotopic (exact) mass is 520 g/mol. The number of fused-ring (bicyclic) bond motifs is 1. The van der Waals surface area contributed by atoms with Crippen LogP contribution in [0.25, 0.3) is 16.7 Å². The predicted molar refractivity (Wildman–Crippen MR) is 131 cm³/mol. The standard InChI is InChI=1S/C25H27F3N4O3S/c1-18(32-16-12-24(33,13-17-32)10-3-11-25(26,27)28)19-6-8-20(9-7-19)31-36(34,35)22-5-2-4-21-23(22)30-15-14-29-21/h2,4-9,14-15,31,33H,1,3,10-13,16-17H2. The fraction of sp³-hybridized carbons (Fsp3) is 0.360. The van der Waals surface area contributed by atoms with E-state index in [9.17, 15) is 26.7 Å². The van der Waals surface area contributed by atoms with Crippen molar-refractivity contribution >= 4 is 32.4 Å². The van der Waals surface area contributed by atoms with Crippen molar-refractivity contribution in [1.82, 2.24) is 14.9 Å². The Labute approximate surface area is 207 Å². The van der Waals surface area contributed by atoms with E-state index in [1.807, 2.05) is 4.90 Å². The third-order valence-electron chi connectivity index (χ3n) is 6.40. The Balaban J connectivity index is 1.37. The maximum absolute atomic E-state index is 13.0. The van der Waals surface area contributed by atoms with Crippen LogP contribution in [0.3, 0.4) is 0 Å². The number of sulfonamides is 1. The fourth-order valence-corrected chi connectivity index (χ4v) is 5.59. The van der Waals surface area contributed by atoms with Crippen molar-refractivity contribution in [3.05, 3.63) is 67.0 Å². The van der Waals surface area contributed by atoms with Gasteiger partial charge in [-0.2, -0.15) is 13.2 Å². The number of piperidine rings is 1. The van der Waals surface area contributed by atoms with Gasteiger partial charge in [0.2, 0.25) is 0 Å². The molecule has 7 nitrogen and oxygen atoms in total. The molecule has 11 heteroatoms. The van der Waals surface area contributed by atoms with Crippen LogP contribution >= 0.6 is 0 Å². The Morgan fingerprint density at radius 3 is 2.42 bits per heavy atom. The maximum Gasteiger partial charge on any atom is 0.389 e. The molecular weight excluding hydrogens is 493 g/mol. The third kappa shape index (κ3) is 6.14. The molecule has 0 saturated carbocycles. The van der Waals surface area contributed by atoms with E-state index in [-0.39, 0.29) is 23.3 Å². The smallest absolute Gasteiger partial charge is 0.389 e. The van der Waals surface area contributed by atoms with E-state index in [0.29, 0.717) is 42.8 Å². The van der Waals surface area contributed by atoms with Gasteiger partial charge in [0.15, 0.2) is 0 Å². The Kier molecular flexibility index (Phi) is 7.24. The second kappa shape index (κ2) is 10.1. The molecule has 192 valence electrons. The summed E-state index contributed by atoms with van der Waals surface area (Å²) in [6.07, 6.45) is -1.44. The summed E-state index contributed by atoms with van der Waals surface area (Å²) in [6.45, 7) is 5.06. The van der Waals surface area contributed by atoms with E-state index >= 15 is 0 Å². The largest absolute Gasteiger partial charge is 0.390 e. The molecule has 1 aliphatic heterocycles. The minimum absolute atomic E-state index is 0.0256. The van der Waals surface area contributed by atoms with Gasteiger partial charge in [0.1, 0.15) is 10.4 Å². The highest BCUT2D eigenvalue weighted by molar-refractivity contribution is 7.93. The molecule has 0 bridgehead atoms. The number of aliphatic hydroxyl groups is 1. The minimum atomic E-state index is -4.21. The molecule has 0 spiro atoms. The van der Waals surface area contributed by atoms with Gasteiger partial charge in [-0.3, -0.25) is 14.7 Å². The number of para-hydroxylation sites is 1. The average Bonchev–Trinajstić information content (AvgIpc) is 2.83. The predicted octanol–water partition coefficient (Wildman–Crippen LogP) is 4.96. The number of benzene rings is 2. The van der Waals surface area contributed by atoms with E-state index in [1.165, 1.54) is 18.5 Å². The number of likely N-dealkylation sites (tertiary alicyclic amines) is 1. The first kappa shape index (κ1) is 25.9. The van der Waals surface area contributed by atoms with Gasteiger partial charge in [-0.25, -0.2) is 8.42 Å². The van der Waals surface area contributed by atoms with E-state index in [1.54, 1.807) is 36.4 Å². The lowest BCUT2D eigenvalue weighted by atomic mass is 9.86. The van der Waals surface area contributed by atoms with Gasteiger partial charge in [-0.05, 0) is 55.5 Å². The van der Waals surface area contributed by atoms with Gasteiger partial charge in [-0.1, -0.05) is 24.8 Å². The first-order valence-electron chi connectivity index (χ1n) is 11.5. The zero-order valence-corrected chi connectivity index (χ0v) is 20.3. The molecule has 1 aliphatic rings. The van der Waals surface area contributed by atoms with Crippen LogP contribution in [0, 0.1) is 0 Å². The summed E-state index contributed by atoms with van der Waals surface area (Å²) < 4.78 is 65.8. The molecule has 2 N–H and O–H groups in total. The Morgan fingerprint density at radius 2 is 1.75 bits per heavy atom. The highest BCUT2D eigenvalue weighted by Crippen LogP contribution is 2.33. The minimum Gasteiger partial charge on any atom is -0.390 e. The van der Waals surface area contributed by atoms with E-state index in [4.69, 9.17) is 0 Å². The highest BCUT2D eigenvalue weighted by atomic mass is 32.2. The molecule has 36 heavy (non-hydrogen) atoms. The van der Waals surface area contributed by atoms with Crippen LogP contribution in [-0.2, 0) is 10.0 Å². The van der Waals surface area contributed by atoms with E-state index in [0.717, 1.165) is 5.56 Å². The third-order valence-corrected chi connectivity index (χ3v) is 7.81. The number of halogens is 3. The SMILES string of the molecule is C=C(c1ccc(NS(=O)(=O)c2cccc3nccnc23)cc1)N1CCC(O)(CCCC(F)(F)F)CC1. The van der Waals surface area contributed by atoms with Crippen molar-refractivity contribution in [3.63, 3.8) is 0 Å². The first-order chi connectivity index (χ1) is 17.0. The summed E-state index contributed by atoms with van der Waals surface area (Å²) in [7, 11) is -3.91. The normalized spacial score (nSPS) is 16.2. The Morgan fingerprint density at radius 1 is 1.08 bits per heavy atom. The average molecular weight is 521 g/mol. The molecule has 0 aliphatic carbocycles. The van der Waals surface area contributed by atoms with Gasteiger partial charge in [0, 0.05) is 43.3 Å². The van der Waals surface area contributed by atoms with Crippen LogP contribution in [0.15, 0.2) is 66.3 Å². The quantitative estimate of drug-likeness (QED) is 0.436. The second-order valence-electron chi connectivity index (χ2n) is 8.99. The van der Waals surface area contributed by atoms with Gasteiger partial charge < -0.3 is 10.0 Å². The molecule has 2 heterocycles. The molecule has 0 unspecified atom stereocenters. The fourth-order valence-electron chi connectivity index (χ4n) is 4.37. The van der Waals surface area contributed by atoms with Crippen LogP contribution in [0.2, 0.25) is 0 Å². The number of aromatic nitrogens is 2. The maximum atomic E-state index is 13.0. The van der Waals surface area contributed by atoms with E-state index < -0.39 is 28.2 Å². The Hall–Kier alpha value is -3.18. The summed E-state index contributed by atoms with van der Waals surface area (Å²) in [4.78, 5) is 10.3. The number of nitrogens with one attached hydrogen (secondary N) is 1. The van der Waals surface area contributed by atoms with Crippen LogP contribution in [0.4, 0.5) is 18.9 Å². The Bertz CT molecular complexity index is 1330. The summed E-state index contributed by atoms with van der Waals surface area (Å²) in [5.41, 5.74) is 1.49. The van der Waals surface area contributed by atoms with Crippen molar-refractivity contribution < 1.29 is 26.7 Å². The summed E-state index contributed by atoms with van der Waals surface area (Å²) in [5, 5.41) is 10.6. The highest BCUT2D eigenvalue weighted by Gasteiger charge is 2.34. The number of rotatable bonds is 8. The van der Waals surface area contributed by atoms with Crippen LogP contribution in [0.5, 0.6) is 0 Å². The first-order valence-corrected chi connectivity index (χ1v) is 13.0. The number of anilines is 1. The van der Waals surface area contributed by atoms with Crippen LogP contribution < -0.4 is 4.72 Å². The molecule has 3 aromatic rings. The van der Waals surface area contributed by atoms with Gasteiger partial charge in [0.05, 0.1) is 11.1 Å². The molecule has 0 atom stereocenters. The second-order valence-corrected chi connectivity index (χ2v) is 10.6. The topological polar surface area (TPSA) is 95.4 Å². The summed E-state index contributed by atoms with van der Waals surface area (Å²) >= 11 is 0. The number of hydrogen-bond acceptors (Lipinski definition) is 6. The van der Waals surface area contributed by atoms with E-state index in [2.05, 4.69) is 21.3 Å². The van der Waals surface area contributed by atoms with Crippen molar-refractivity contribution in [2.75, 3.05) is 17.8 Å². The molecule has 1 fully saturated rings. The zero-order chi connectivity index (χ0) is 26.0. The molecule has 1 saturated heterocycles. The molecule has 0 amide bonds. The lowest BCUT2D eigenvalue weighted by Gasteiger charge is -2.40. The molecule has 1 aromatic heterocycles. The number of alkyl halides is 3. The molecular formula is C25H27F3N4O3S. The molecule has 2 aromatic carbocycles. The van der Waals surface area contributed by atoms with Crippen molar-refractivity contribution in [2.24, 2.45) is 0 Å². The van der Waals surface area contributed by atoms with Gasteiger partial charge >= 0.3 is 6.18 Å². The lowest BCUT2D eigenvalue weighted by molar-refractivity contribution is -0.138.